The number of methoxy groups -OCH3 is 1. The number of rotatable bonds is 4. The number of hydrogen-bond donors (Lipinski definition) is 3. The van der Waals surface area contributed by atoms with Crippen LogP contribution in [0.25, 0.3) is 17.0 Å². The Morgan fingerprint density at radius 1 is 1.16 bits per heavy atom. The molecule has 4 rings (SSSR count). The number of nitrogens with zero attached hydrogens (tertiary/aromatic N) is 6. The fourth-order valence-electron chi connectivity index (χ4n) is 2.50. The Hall–Kier alpha value is -3.69. The van der Waals surface area contributed by atoms with Crippen LogP contribution in [0.15, 0.2) is 30.5 Å². The van der Waals surface area contributed by atoms with E-state index in [9.17, 15) is 0 Å². The van der Waals surface area contributed by atoms with Gasteiger partial charge >= 0.3 is 0 Å². The normalized spacial score (nSPS) is 11.0. The third kappa shape index (κ3) is 2.69. The molecule has 3 heterocycles. The maximum absolute atomic E-state index is 5.79. The highest BCUT2D eigenvalue weighted by Crippen LogP contribution is 2.28. The lowest BCUT2D eigenvalue weighted by Crippen LogP contribution is -2.10. The van der Waals surface area contributed by atoms with Crippen molar-refractivity contribution in [3.8, 4) is 11.7 Å². The summed E-state index contributed by atoms with van der Waals surface area (Å²) in [5.41, 5.74) is 7.31. The summed E-state index contributed by atoms with van der Waals surface area (Å²) in [6.45, 7) is 1.75. The van der Waals surface area contributed by atoms with E-state index >= 15 is 0 Å². The van der Waals surface area contributed by atoms with Gasteiger partial charge < -0.3 is 15.8 Å². The molecule has 0 spiro atoms. The van der Waals surface area contributed by atoms with E-state index < -0.39 is 0 Å². The molecule has 0 unspecified atom stereocenters. The molecule has 0 aliphatic carbocycles. The van der Waals surface area contributed by atoms with Gasteiger partial charge in [0.1, 0.15) is 17.4 Å². The fourth-order valence-corrected chi connectivity index (χ4v) is 2.50. The monoisotopic (exact) mass is 337 g/mol. The van der Waals surface area contributed by atoms with Gasteiger partial charge in [-0.15, -0.1) is 0 Å². The van der Waals surface area contributed by atoms with Gasteiger partial charge in [-0.3, -0.25) is 5.10 Å². The van der Waals surface area contributed by atoms with E-state index in [0.717, 1.165) is 11.0 Å². The van der Waals surface area contributed by atoms with Gasteiger partial charge in [-0.25, -0.2) is 9.55 Å². The lowest BCUT2D eigenvalue weighted by atomic mass is 10.3. The van der Waals surface area contributed by atoms with E-state index in [2.05, 4.69) is 35.5 Å². The number of nitrogens with two attached hydrogens (primary N) is 1. The molecule has 10 nitrogen and oxygen atoms in total. The molecule has 0 bridgehead atoms. The number of anilines is 3. The van der Waals surface area contributed by atoms with Gasteiger partial charge in [0, 0.05) is 12.1 Å². The number of imidazole rings is 1. The molecule has 4 N–H and O–H groups in total. The third-order valence-electron chi connectivity index (χ3n) is 3.56. The zero-order chi connectivity index (χ0) is 17.4. The number of aromatic amines is 1. The maximum Gasteiger partial charge on any atom is 0.242 e. The summed E-state index contributed by atoms with van der Waals surface area (Å²) in [6.07, 6.45) is 1.64. The Labute approximate surface area is 142 Å². The minimum absolute atomic E-state index is 0.139. The van der Waals surface area contributed by atoms with E-state index in [0.29, 0.717) is 29.3 Å². The summed E-state index contributed by atoms with van der Waals surface area (Å²) in [7, 11) is 1.61. The number of nitrogens with one attached hydrogen (secondary N) is 2. The van der Waals surface area contributed by atoms with Gasteiger partial charge in [0.2, 0.25) is 17.8 Å². The molecule has 0 saturated carbocycles. The zero-order valence-corrected chi connectivity index (χ0v) is 13.6. The topological polar surface area (TPSA) is 132 Å². The molecular formula is C15H15N9O. The average Bonchev–Trinajstić information content (AvgIpc) is 3.20. The SMILES string of the molecule is COc1ccc2nc(Nc3ccn[nH]3)n(-c3nc(C)nc(N)n3)c2c1. The van der Waals surface area contributed by atoms with Crippen LogP contribution in [-0.2, 0) is 0 Å². The van der Waals surface area contributed by atoms with Crippen molar-refractivity contribution in [3.63, 3.8) is 0 Å². The molecule has 0 fully saturated rings. The van der Waals surface area contributed by atoms with Crippen molar-refractivity contribution in [2.24, 2.45) is 0 Å². The zero-order valence-electron chi connectivity index (χ0n) is 13.6. The van der Waals surface area contributed by atoms with Gasteiger partial charge in [-0.2, -0.15) is 20.1 Å². The van der Waals surface area contributed by atoms with Gasteiger partial charge in [-0.05, 0) is 19.1 Å². The Morgan fingerprint density at radius 2 is 2.04 bits per heavy atom. The average molecular weight is 337 g/mol. The second-order valence-corrected chi connectivity index (χ2v) is 5.26. The molecule has 0 saturated heterocycles. The molecule has 0 amide bonds. The molecular weight excluding hydrogens is 322 g/mol. The number of H-pyrrole nitrogens is 1. The fraction of sp³-hybridized carbons (Fsp3) is 0.133. The lowest BCUT2D eigenvalue weighted by molar-refractivity contribution is 0.415. The first kappa shape index (κ1) is 14.9. The molecule has 25 heavy (non-hydrogen) atoms. The minimum atomic E-state index is 0.139. The Kier molecular flexibility index (Phi) is 3.42. The van der Waals surface area contributed by atoms with Gasteiger partial charge in [0.15, 0.2) is 0 Å². The Morgan fingerprint density at radius 3 is 2.76 bits per heavy atom. The molecule has 0 atom stereocenters. The Balaban J connectivity index is 1.96. The van der Waals surface area contributed by atoms with Crippen molar-refractivity contribution in [1.29, 1.82) is 0 Å². The van der Waals surface area contributed by atoms with Crippen LogP contribution in [-0.4, -0.2) is 41.8 Å². The number of fused-ring (bicyclic) bond motifs is 1. The van der Waals surface area contributed by atoms with Crippen LogP contribution >= 0.6 is 0 Å². The van der Waals surface area contributed by atoms with Crippen LogP contribution in [0.2, 0.25) is 0 Å². The van der Waals surface area contributed by atoms with Crippen molar-refractivity contribution in [1.82, 2.24) is 34.7 Å². The molecule has 126 valence electrons. The standard InChI is InChI=1S/C15H15N9O/c1-8-18-13(16)22-14(19-8)24-11-7-9(25-2)3-4-10(11)20-15(24)21-12-5-6-17-23-12/h3-7H,1-2H3,(H2,16,18,19,22)(H2,17,20,21,23). The third-order valence-corrected chi connectivity index (χ3v) is 3.56. The first-order chi connectivity index (χ1) is 12.1. The predicted molar refractivity (Wildman–Crippen MR) is 92.0 cm³/mol. The van der Waals surface area contributed by atoms with E-state index in [1.807, 2.05) is 18.2 Å². The molecule has 3 aromatic heterocycles. The molecule has 10 heteroatoms. The van der Waals surface area contributed by atoms with Crippen molar-refractivity contribution in [2.75, 3.05) is 18.2 Å². The summed E-state index contributed by atoms with van der Waals surface area (Å²) in [4.78, 5) is 17.3. The molecule has 1 aromatic carbocycles. The van der Waals surface area contributed by atoms with Crippen molar-refractivity contribution in [2.45, 2.75) is 6.92 Å². The first-order valence-corrected chi connectivity index (χ1v) is 7.45. The quantitative estimate of drug-likeness (QED) is 0.511. The van der Waals surface area contributed by atoms with Crippen LogP contribution in [0.3, 0.4) is 0 Å². The number of hydrogen-bond acceptors (Lipinski definition) is 8. The van der Waals surface area contributed by atoms with E-state index in [4.69, 9.17) is 10.5 Å². The second-order valence-electron chi connectivity index (χ2n) is 5.26. The summed E-state index contributed by atoms with van der Waals surface area (Å²) in [5.74, 6) is 2.91. The van der Waals surface area contributed by atoms with E-state index in [-0.39, 0.29) is 5.95 Å². The lowest BCUT2D eigenvalue weighted by Gasteiger charge is -2.09. The van der Waals surface area contributed by atoms with Crippen LogP contribution in [0.5, 0.6) is 5.75 Å². The van der Waals surface area contributed by atoms with Crippen molar-refractivity contribution < 1.29 is 4.74 Å². The first-order valence-electron chi connectivity index (χ1n) is 7.45. The second kappa shape index (κ2) is 5.74. The highest BCUT2D eigenvalue weighted by molar-refractivity contribution is 5.82. The van der Waals surface area contributed by atoms with Crippen molar-refractivity contribution >= 4 is 28.7 Å². The number of nitrogen functional groups attached to an aromatic ring is 1. The summed E-state index contributed by atoms with van der Waals surface area (Å²) >= 11 is 0. The highest BCUT2D eigenvalue weighted by Gasteiger charge is 2.17. The van der Waals surface area contributed by atoms with Crippen LogP contribution in [0, 0.1) is 6.92 Å². The Bertz CT molecular complexity index is 1020. The molecule has 0 aliphatic rings. The summed E-state index contributed by atoms with van der Waals surface area (Å²) in [5, 5.41) is 9.93. The summed E-state index contributed by atoms with van der Waals surface area (Å²) in [6, 6.07) is 7.35. The molecule has 0 radical (unpaired) electrons. The minimum Gasteiger partial charge on any atom is -0.497 e. The van der Waals surface area contributed by atoms with Crippen LogP contribution in [0.4, 0.5) is 17.7 Å². The summed E-state index contributed by atoms with van der Waals surface area (Å²) < 4.78 is 7.07. The largest absolute Gasteiger partial charge is 0.497 e. The van der Waals surface area contributed by atoms with Gasteiger partial charge in [0.05, 0.1) is 24.3 Å². The van der Waals surface area contributed by atoms with E-state index in [1.165, 1.54) is 0 Å². The smallest absolute Gasteiger partial charge is 0.242 e. The number of aromatic nitrogens is 7. The van der Waals surface area contributed by atoms with Gasteiger partial charge in [0.25, 0.3) is 0 Å². The van der Waals surface area contributed by atoms with E-state index in [1.54, 1.807) is 30.9 Å². The van der Waals surface area contributed by atoms with Crippen molar-refractivity contribution in [3.05, 3.63) is 36.3 Å². The highest BCUT2D eigenvalue weighted by atomic mass is 16.5. The number of aryl methyl sites for hydroxylation is 1. The number of ether oxygens (including phenoxy) is 1. The molecule has 4 aromatic rings. The number of benzene rings is 1. The maximum atomic E-state index is 5.79. The predicted octanol–water partition coefficient (Wildman–Crippen LogP) is 1.58. The van der Waals surface area contributed by atoms with Crippen LogP contribution in [0.1, 0.15) is 5.82 Å². The molecule has 0 aliphatic heterocycles. The van der Waals surface area contributed by atoms with Gasteiger partial charge in [-0.1, -0.05) is 0 Å². The van der Waals surface area contributed by atoms with Crippen LogP contribution < -0.4 is 15.8 Å².